The molecule has 0 atom stereocenters. The van der Waals surface area contributed by atoms with E-state index >= 15 is 0 Å². The minimum absolute atomic E-state index is 0.573. The van der Waals surface area contributed by atoms with Crippen LogP contribution in [0.15, 0.2) is 140 Å². The average Bonchev–Trinajstić information content (AvgIpc) is 2.94. The number of hydrogen-bond acceptors (Lipinski definition) is 1. The molecule has 168 valence electrons. The van der Waals surface area contributed by atoms with Gasteiger partial charge in [-0.05, 0) is 68.7 Å². The predicted molar refractivity (Wildman–Crippen MR) is 156 cm³/mol. The molecule has 0 aliphatic carbocycles. The Kier molecular flexibility index (Phi) is 5.04. The fourth-order valence-electron chi connectivity index (χ4n) is 5.32. The Hall–Kier alpha value is -4.40. The molecule has 0 unspecified atom stereocenters. The molecule has 0 spiro atoms. The van der Waals surface area contributed by atoms with Gasteiger partial charge in [-0.25, -0.2) is 0 Å². The Morgan fingerprint density at radius 2 is 0.972 bits per heavy atom. The Morgan fingerprint density at radius 1 is 0.417 bits per heavy atom. The van der Waals surface area contributed by atoms with Gasteiger partial charge in [-0.3, -0.25) is 0 Å². The first-order valence-corrected chi connectivity index (χ1v) is 13.3. The van der Waals surface area contributed by atoms with Gasteiger partial charge in [0.05, 0.1) is 0 Å². The molecule has 36 heavy (non-hydrogen) atoms. The van der Waals surface area contributed by atoms with Crippen LogP contribution in [0.5, 0.6) is 0 Å². The highest BCUT2D eigenvalue weighted by Gasteiger charge is 2.14. The number of benzene rings is 7. The van der Waals surface area contributed by atoms with E-state index < -0.39 is 0 Å². The molecule has 2 heteroatoms. The van der Waals surface area contributed by atoms with Gasteiger partial charge < -0.3 is 4.90 Å². The molecule has 0 N–H and O–H groups in total. The number of hydrogen-bond donors (Lipinski definition) is 0. The van der Waals surface area contributed by atoms with Gasteiger partial charge in [0.2, 0.25) is 0 Å². The highest BCUT2D eigenvalue weighted by molar-refractivity contribution is 6.70. The smallest absolute Gasteiger partial charge is 0.122 e. The summed E-state index contributed by atoms with van der Waals surface area (Å²) in [5.74, 6) is 0. The van der Waals surface area contributed by atoms with Crippen molar-refractivity contribution in [3.05, 3.63) is 140 Å². The monoisotopic (exact) mass is 473 g/mol. The molecule has 0 saturated carbocycles. The topological polar surface area (TPSA) is 3.24 Å². The second kappa shape index (κ2) is 8.67. The lowest BCUT2D eigenvalue weighted by Crippen LogP contribution is -2.28. The van der Waals surface area contributed by atoms with Crippen LogP contribution in [-0.2, 0) is 0 Å². The number of rotatable bonds is 5. The van der Waals surface area contributed by atoms with Gasteiger partial charge in [-0.2, -0.15) is 0 Å². The van der Waals surface area contributed by atoms with Crippen molar-refractivity contribution < 1.29 is 0 Å². The molecule has 0 aliphatic rings. The van der Waals surface area contributed by atoms with E-state index in [4.69, 9.17) is 0 Å². The van der Waals surface area contributed by atoms with Crippen molar-refractivity contribution in [1.82, 2.24) is 0 Å². The van der Waals surface area contributed by atoms with Crippen molar-refractivity contribution in [2.45, 2.75) is 0 Å². The Bertz CT molecular complexity index is 1750. The van der Waals surface area contributed by atoms with Crippen molar-refractivity contribution in [3.8, 4) is 0 Å². The second-order valence-electron chi connectivity index (χ2n) is 9.15. The highest BCUT2D eigenvalue weighted by atomic mass is 28.2. The second-order valence-corrected chi connectivity index (χ2v) is 10.5. The molecule has 1 nitrogen and oxygen atoms in total. The van der Waals surface area contributed by atoms with E-state index in [1.807, 2.05) is 0 Å². The summed E-state index contributed by atoms with van der Waals surface area (Å²) in [5.41, 5.74) is 3.49. The predicted octanol–water partition coefficient (Wildman–Crippen LogP) is 7.71. The van der Waals surface area contributed by atoms with Crippen LogP contribution in [0.25, 0.3) is 32.3 Å². The lowest BCUT2D eigenvalue weighted by atomic mass is 9.94. The normalized spacial score (nSPS) is 11.4. The first kappa shape index (κ1) is 20.9. The summed E-state index contributed by atoms with van der Waals surface area (Å²) in [6.45, 7) is 0. The van der Waals surface area contributed by atoms with Gasteiger partial charge in [0, 0.05) is 17.1 Å². The van der Waals surface area contributed by atoms with E-state index in [-0.39, 0.29) is 0 Å². The number of nitrogens with zero attached hydrogens (tertiary/aromatic N) is 1. The molecule has 0 aliphatic heterocycles. The van der Waals surface area contributed by atoms with Gasteiger partial charge in [-0.1, -0.05) is 114 Å². The van der Waals surface area contributed by atoms with Gasteiger partial charge in [0.1, 0.15) is 9.52 Å². The van der Waals surface area contributed by atoms with Crippen LogP contribution >= 0.6 is 0 Å². The molecular weight excluding hydrogens is 450 g/mol. The zero-order chi connectivity index (χ0) is 23.9. The molecule has 0 aromatic heterocycles. The molecule has 0 heterocycles. The van der Waals surface area contributed by atoms with Crippen LogP contribution in [-0.4, -0.2) is 9.52 Å². The van der Waals surface area contributed by atoms with Crippen LogP contribution in [0.1, 0.15) is 0 Å². The Labute approximate surface area is 213 Å². The lowest BCUT2D eigenvalue weighted by Gasteiger charge is -2.26. The van der Waals surface area contributed by atoms with Crippen molar-refractivity contribution in [2.24, 2.45) is 0 Å². The first-order chi connectivity index (χ1) is 17.8. The zero-order valence-corrected chi connectivity index (χ0v) is 20.7. The van der Waals surface area contributed by atoms with Crippen LogP contribution in [0.2, 0.25) is 0 Å². The molecule has 0 saturated heterocycles. The minimum Gasteiger partial charge on any atom is -0.311 e. The molecular formula is C34H23NSi. The highest BCUT2D eigenvalue weighted by Crippen LogP contribution is 2.35. The van der Waals surface area contributed by atoms with Crippen molar-refractivity contribution >= 4 is 69.3 Å². The summed E-state index contributed by atoms with van der Waals surface area (Å²) < 4.78 is 0. The number of para-hydroxylation sites is 2. The average molecular weight is 474 g/mol. The third-order valence-electron chi connectivity index (χ3n) is 6.94. The van der Waals surface area contributed by atoms with Crippen LogP contribution in [0.4, 0.5) is 17.1 Å². The first-order valence-electron chi connectivity index (χ1n) is 12.3. The summed E-state index contributed by atoms with van der Waals surface area (Å²) in [4.78, 5) is 2.33. The fraction of sp³-hybridized carbons (Fsp3) is 0. The third kappa shape index (κ3) is 3.55. The molecule has 0 fully saturated rings. The molecule has 0 amide bonds. The van der Waals surface area contributed by atoms with Gasteiger partial charge in [0.15, 0.2) is 0 Å². The lowest BCUT2D eigenvalue weighted by molar-refractivity contribution is 1.29. The van der Waals surface area contributed by atoms with E-state index in [2.05, 4.69) is 144 Å². The maximum atomic E-state index is 2.34. The maximum Gasteiger partial charge on any atom is 0.122 e. The van der Waals surface area contributed by atoms with Gasteiger partial charge >= 0.3 is 0 Å². The van der Waals surface area contributed by atoms with Gasteiger partial charge in [-0.15, -0.1) is 0 Å². The summed E-state index contributed by atoms with van der Waals surface area (Å²) in [6, 6.07) is 50.5. The standard InChI is InChI=1S/C34H23NSi/c1-3-11-27(12-4-1)35(28-13-5-2-6-14-28)29-15-8-16-30(23-29)36-32-22-20-26-18-17-24-9-7-10-25-19-21-31(32)34(26)33(24)25/h1-23H. The SMILES string of the molecule is c1ccc(N(c2ccccc2)c2cccc([Si]c3ccc4ccc5cccc6ccc3c4c56)c2)cc1. The van der Waals surface area contributed by atoms with Crippen LogP contribution < -0.4 is 15.3 Å². The van der Waals surface area contributed by atoms with Crippen molar-refractivity contribution in [3.63, 3.8) is 0 Å². The third-order valence-corrected chi connectivity index (χ3v) is 8.25. The van der Waals surface area contributed by atoms with E-state index in [1.54, 1.807) is 0 Å². The summed E-state index contributed by atoms with van der Waals surface area (Å²) in [5, 5.41) is 10.8. The van der Waals surface area contributed by atoms with E-state index in [0.717, 1.165) is 11.4 Å². The quantitative estimate of drug-likeness (QED) is 0.183. The molecule has 7 rings (SSSR count). The minimum atomic E-state index is 0.573. The Balaban J connectivity index is 1.34. The zero-order valence-electron chi connectivity index (χ0n) is 19.7. The van der Waals surface area contributed by atoms with Gasteiger partial charge in [0.25, 0.3) is 0 Å². The molecule has 2 radical (unpaired) electrons. The van der Waals surface area contributed by atoms with E-state index in [1.165, 1.54) is 48.4 Å². The molecule has 7 aromatic rings. The largest absolute Gasteiger partial charge is 0.311 e. The summed E-state index contributed by atoms with van der Waals surface area (Å²) in [7, 11) is 0.573. The van der Waals surface area contributed by atoms with Crippen molar-refractivity contribution in [1.29, 1.82) is 0 Å². The van der Waals surface area contributed by atoms with Crippen molar-refractivity contribution in [2.75, 3.05) is 4.90 Å². The van der Waals surface area contributed by atoms with E-state index in [0.29, 0.717) is 9.52 Å². The summed E-state index contributed by atoms with van der Waals surface area (Å²) >= 11 is 0. The van der Waals surface area contributed by atoms with E-state index in [9.17, 15) is 0 Å². The van der Waals surface area contributed by atoms with Crippen LogP contribution in [0.3, 0.4) is 0 Å². The van der Waals surface area contributed by atoms with Crippen LogP contribution in [0, 0.1) is 0 Å². The number of anilines is 3. The maximum absolute atomic E-state index is 2.34. The molecule has 0 bridgehead atoms. The summed E-state index contributed by atoms with van der Waals surface area (Å²) in [6.07, 6.45) is 0. The fourth-order valence-corrected chi connectivity index (χ4v) is 6.54. The Morgan fingerprint density at radius 3 is 1.67 bits per heavy atom. The molecule has 7 aromatic carbocycles.